The van der Waals surface area contributed by atoms with Crippen molar-refractivity contribution in [1.29, 1.82) is 0 Å². The Labute approximate surface area is 204 Å². The number of carbonyl (C=O) groups is 2. The molecule has 7 nitrogen and oxygen atoms in total. The number of aliphatic hydroxyl groups is 1. The monoisotopic (exact) mass is 475 g/mol. The van der Waals surface area contributed by atoms with Crippen LogP contribution in [0.3, 0.4) is 0 Å². The van der Waals surface area contributed by atoms with Crippen molar-refractivity contribution in [3.05, 3.63) is 83.3 Å². The Morgan fingerprint density at radius 1 is 1.03 bits per heavy atom. The molecule has 2 heterocycles. The molecule has 4 rings (SSSR count). The molecule has 35 heavy (non-hydrogen) atoms. The lowest BCUT2D eigenvalue weighted by Gasteiger charge is -2.24. The predicted octanol–water partition coefficient (Wildman–Crippen LogP) is 5.83. The van der Waals surface area contributed by atoms with E-state index < -0.39 is 17.7 Å². The van der Waals surface area contributed by atoms with Gasteiger partial charge in [-0.3, -0.25) is 14.5 Å². The maximum atomic E-state index is 13.3. The van der Waals surface area contributed by atoms with Gasteiger partial charge in [-0.15, -0.1) is 0 Å². The van der Waals surface area contributed by atoms with E-state index in [9.17, 15) is 14.7 Å². The summed E-state index contributed by atoms with van der Waals surface area (Å²) in [6.45, 7) is 8.66. The molecule has 1 atom stereocenters. The number of hydrogen-bond donors (Lipinski definition) is 1. The number of ether oxygens (including phenoxy) is 2. The van der Waals surface area contributed by atoms with Gasteiger partial charge in [0, 0.05) is 11.8 Å². The molecule has 1 unspecified atom stereocenters. The minimum absolute atomic E-state index is 0.0667. The van der Waals surface area contributed by atoms with Gasteiger partial charge in [-0.1, -0.05) is 26.0 Å². The van der Waals surface area contributed by atoms with Crippen molar-refractivity contribution in [2.24, 2.45) is 0 Å². The lowest BCUT2D eigenvalue weighted by molar-refractivity contribution is -0.132. The molecule has 182 valence electrons. The molecule has 1 saturated heterocycles. The minimum atomic E-state index is -0.934. The van der Waals surface area contributed by atoms with Crippen molar-refractivity contribution in [3.8, 4) is 11.5 Å². The SMILES string of the molecule is CCOc1ccc(/C(O)=C2/C(=O)C(=O)N(c3ccc(C(C)C)cc3)C2c2ccco2)c(OCC)c1. The van der Waals surface area contributed by atoms with Crippen molar-refractivity contribution < 1.29 is 28.6 Å². The van der Waals surface area contributed by atoms with Gasteiger partial charge >= 0.3 is 0 Å². The summed E-state index contributed by atoms with van der Waals surface area (Å²) in [6.07, 6.45) is 1.47. The Kier molecular flexibility index (Phi) is 6.96. The first-order valence-corrected chi connectivity index (χ1v) is 11.7. The fourth-order valence-corrected chi connectivity index (χ4v) is 4.21. The molecule has 1 aliphatic heterocycles. The van der Waals surface area contributed by atoms with E-state index in [1.807, 2.05) is 26.0 Å². The zero-order valence-electron chi connectivity index (χ0n) is 20.3. The molecule has 1 aromatic heterocycles. The van der Waals surface area contributed by atoms with Crippen LogP contribution in [0.4, 0.5) is 5.69 Å². The number of hydrogen-bond acceptors (Lipinski definition) is 6. The van der Waals surface area contributed by atoms with Crippen LogP contribution < -0.4 is 14.4 Å². The Morgan fingerprint density at radius 3 is 2.34 bits per heavy atom. The Bertz CT molecular complexity index is 1240. The van der Waals surface area contributed by atoms with Crippen molar-refractivity contribution in [1.82, 2.24) is 0 Å². The molecule has 0 spiro atoms. The van der Waals surface area contributed by atoms with Gasteiger partial charge in [-0.05, 0) is 61.7 Å². The lowest BCUT2D eigenvalue weighted by atomic mass is 9.98. The van der Waals surface area contributed by atoms with Crippen LogP contribution in [-0.2, 0) is 9.59 Å². The normalized spacial score (nSPS) is 17.3. The number of anilines is 1. The molecular weight excluding hydrogens is 446 g/mol. The van der Waals surface area contributed by atoms with Gasteiger partial charge in [0.1, 0.15) is 29.1 Å². The smallest absolute Gasteiger partial charge is 0.300 e. The topological polar surface area (TPSA) is 89.2 Å². The average molecular weight is 476 g/mol. The fraction of sp³-hybridized carbons (Fsp3) is 0.286. The highest BCUT2D eigenvalue weighted by molar-refractivity contribution is 6.51. The van der Waals surface area contributed by atoms with Gasteiger partial charge in [0.15, 0.2) is 0 Å². The second kappa shape index (κ2) is 10.1. The van der Waals surface area contributed by atoms with Gasteiger partial charge in [0.25, 0.3) is 11.7 Å². The molecule has 1 amide bonds. The molecule has 0 aliphatic carbocycles. The maximum absolute atomic E-state index is 13.3. The minimum Gasteiger partial charge on any atom is -0.507 e. The van der Waals surface area contributed by atoms with Gasteiger partial charge in [0.05, 0.1) is 30.6 Å². The summed E-state index contributed by atoms with van der Waals surface area (Å²) in [5, 5.41) is 11.4. The van der Waals surface area contributed by atoms with Crippen LogP contribution in [0.2, 0.25) is 0 Å². The Balaban J connectivity index is 1.87. The molecule has 0 bridgehead atoms. The average Bonchev–Trinajstić information content (AvgIpc) is 3.46. The van der Waals surface area contributed by atoms with E-state index in [1.165, 1.54) is 11.2 Å². The summed E-state index contributed by atoms with van der Waals surface area (Å²) in [7, 11) is 0. The van der Waals surface area contributed by atoms with E-state index in [4.69, 9.17) is 13.9 Å². The van der Waals surface area contributed by atoms with E-state index >= 15 is 0 Å². The van der Waals surface area contributed by atoms with Crippen LogP contribution in [0.15, 0.2) is 70.9 Å². The molecule has 7 heteroatoms. The fourth-order valence-electron chi connectivity index (χ4n) is 4.21. The van der Waals surface area contributed by atoms with E-state index in [2.05, 4.69) is 13.8 Å². The largest absolute Gasteiger partial charge is 0.507 e. The third kappa shape index (κ3) is 4.54. The summed E-state index contributed by atoms with van der Waals surface area (Å²) in [6, 6.07) is 14.9. The van der Waals surface area contributed by atoms with Crippen molar-refractivity contribution in [2.45, 2.75) is 39.7 Å². The van der Waals surface area contributed by atoms with Crippen LogP contribution in [0, 0.1) is 0 Å². The summed E-state index contributed by atoms with van der Waals surface area (Å²) in [4.78, 5) is 27.9. The van der Waals surface area contributed by atoms with Crippen molar-refractivity contribution >= 4 is 23.1 Å². The zero-order chi connectivity index (χ0) is 25.1. The summed E-state index contributed by atoms with van der Waals surface area (Å²) < 4.78 is 16.9. The first kappa shape index (κ1) is 24.1. The molecule has 1 aliphatic rings. The van der Waals surface area contributed by atoms with E-state index in [-0.39, 0.29) is 11.3 Å². The second-order valence-corrected chi connectivity index (χ2v) is 8.45. The predicted molar refractivity (Wildman–Crippen MR) is 133 cm³/mol. The van der Waals surface area contributed by atoms with Crippen molar-refractivity contribution in [3.63, 3.8) is 0 Å². The van der Waals surface area contributed by atoms with E-state index in [0.717, 1.165) is 5.56 Å². The molecule has 2 aromatic carbocycles. The van der Waals surface area contributed by atoms with Crippen molar-refractivity contribution in [2.75, 3.05) is 18.1 Å². The summed E-state index contributed by atoms with van der Waals surface area (Å²) >= 11 is 0. The molecule has 3 aromatic rings. The third-order valence-electron chi connectivity index (χ3n) is 5.91. The van der Waals surface area contributed by atoms with Crippen LogP contribution in [0.1, 0.15) is 56.5 Å². The van der Waals surface area contributed by atoms with E-state index in [1.54, 1.807) is 42.5 Å². The van der Waals surface area contributed by atoms with Gasteiger partial charge in [-0.2, -0.15) is 0 Å². The van der Waals surface area contributed by atoms with Crippen LogP contribution in [0.25, 0.3) is 5.76 Å². The summed E-state index contributed by atoms with van der Waals surface area (Å²) in [5.41, 5.74) is 1.87. The number of benzene rings is 2. The van der Waals surface area contributed by atoms with Gasteiger partial charge < -0.3 is 19.0 Å². The number of ketones is 1. The van der Waals surface area contributed by atoms with Gasteiger partial charge in [-0.25, -0.2) is 0 Å². The maximum Gasteiger partial charge on any atom is 0.300 e. The highest BCUT2D eigenvalue weighted by Gasteiger charge is 2.48. The number of Topliss-reactive ketones (excluding diaryl/α,β-unsaturated/α-hetero) is 1. The number of amides is 1. The first-order valence-electron chi connectivity index (χ1n) is 11.7. The van der Waals surface area contributed by atoms with Gasteiger partial charge in [0.2, 0.25) is 0 Å². The highest BCUT2D eigenvalue weighted by atomic mass is 16.5. The number of furan rings is 1. The molecular formula is C28H29NO6. The molecule has 0 radical (unpaired) electrons. The van der Waals surface area contributed by atoms with Crippen LogP contribution >= 0.6 is 0 Å². The van der Waals surface area contributed by atoms with Crippen LogP contribution in [-0.4, -0.2) is 30.0 Å². The molecule has 1 N–H and O–H groups in total. The Hall–Kier alpha value is -4.00. The van der Waals surface area contributed by atoms with E-state index in [0.29, 0.717) is 47.6 Å². The molecule has 1 fully saturated rings. The number of aliphatic hydroxyl groups excluding tert-OH is 1. The number of nitrogens with zero attached hydrogens (tertiary/aromatic N) is 1. The van der Waals surface area contributed by atoms with Crippen LogP contribution in [0.5, 0.6) is 11.5 Å². The zero-order valence-corrected chi connectivity index (χ0v) is 20.3. The molecule has 0 saturated carbocycles. The second-order valence-electron chi connectivity index (χ2n) is 8.45. The quantitative estimate of drug-likeness (QED) is 0.251. The number of rotatable bonds is 8. The Morgan fingerprint density at radius 2 is 1.74 bits per heavy atom. The third-order valence-corrected chi connectivity index (χ3v) is 5.91. The first-order chi connectivity index (χ1) is 16.9. The standard InChI is InChI=1S/C28H29NO6/c1-5-33-20-13-14-21(23(16-20)34-6-2)26(30)24-25(22-8-7-15-35-22)29(28(32)27(24)31)19-11-9-18(10-12-19)17(3)4/h7-17,25,30H,5-6H2,1-4H3/b26-24-. The highest BCUT2D eigenvalue weighted by Crippen LogP contribution is 2.44. The lowest BCUT2D eigenvalue weighted by Crippen LogP contribution is -2.29. The number of carbonyl (C=O) groups excluding carboxylic acids is 2. The summed E-state index contributed by atoms with van der Waals surface area (Å²) in [5.74, 6) is -0.276.